The highest BCUT2D eigenvalue weighted by Crippen LogP contribution is 2.12. The van der Waals surface area contributed by atoms with Crippen LogP contribution in [0.2, 0.25) is 0 Å². The number of quaternary nitrogens is 1. The van der Waals surface area contributed by atoms with Crippen molar-refractivity contribution in [3.05, 3.63) is 95.1 Å². The Balaban J connectivity index is 1.79. The summed E-state index contributed by atoms with van der Waals surface area (Å²) < 4.78 is 26.4. The monoisotopic (exact) mass is 425 g/mol. The average molecular weight is 426 g/mol. The van der Waals surface area contributed by atoms with Crippen LogP contribution in [0.15, 0.2) is 66.9 Å². The molecule has 0 spiro atoms. The quantitative estimate of drug-likeness (QED) is 0.379. The molecule has 1 heterocycles. The van der Waals surface area contributed by atoms with Crippen LogP contribution in [0.3, 0.4) is 0 Å². The predicted octanol–water partition coefficient (Wildman–Crippen LogP) is 3.08. The van der Waals surface area contributed by atoms with Gasteiger partial charge in [-0.25, -0.2) is 9.18 Å². The van der Waals surface area contributed by atoms with Gasteiger partial charge in [-0.2, -0.15) is 0 Å². The zero-order valence-electron chi connectivity index (χ0n) is 18.1. The lowest BCUT2D eigenvalue weighted by molar-refractivity contribution is -0.928. The summed E-state index contributed by atoms with van der Waals surface area (Å²) in [6.07, 6.45) is 2.89. The minimum Gasteiger partial charge on any atom is -0.465 e. The summed E-state index contributed by atoms with van der Waals surface area (Å²) in [6.45, 7) is 3.48. The van der Waals surface area contributed by atoms with Gasteiger partial charge in [0.25, 0.3) is 0 Å². The van der Waals surface area contributed by atoms with Crippen LogP contribution in [-0.2, 0) is 29.1 Å². The fourth-order valence-corrected chi connectivity index (χ4v) is 3.79. The third-order valence-corrected chi connectivity index (χ3v) is 5.40. The fourth-order valence-electron chi connectivity index (χ4n) is 3.79. The van der Waals surface area contributed by atoms with Crippen molar-refractivity contribution in [3.63, 3.8) is 0 Å². The second-order valence-electron chi connectivity index (χ2n) is 7.57. The van der Waals surface area contributed by atoms with Crippen molar-refractivity contribution in [2.45, 2.75) is 26.1 Å². The molecular weight excluding hydrogens is 395 g/mol. The number of hydrogen-bond donors (Lipinski definition) is 1. The van der Waals surface area contributed by atoms with Gasteiger partial charge in [-0.1, -0.05) is 36.4 Å². The van der Waals surface area contributed by atoms with E-state index in [4.69, 9.17) is 9.47 Å². The van der Waals surface area contributed by atoms with Gasteiger partial charge < -0.3 is 18.9 Å². The number of ether oxygens (including phenoxy) is 2. The predicted molar refractivity (Wildman–Crippen MR) is 117 cm³/mol. The molecule has 0 aliphatic rings. The van der Waals surface area contributed by atoms with E-state index in [0.29, 0.717) is 30.8 Å². The number of methoxy groups -OCH3 is 2. The van der Waals surface area contributed by atoms with Gasteiger partial charge in [0.05, 0.1) is 38.1 Å². The van der Waals surface area contributed by atoms with Gasteiger partial charge in [0.15, 0.2) is 0 Å². The van der Waals surface area contributed by atoms with Crippen LogP contribution >= 0.6 is 0 Å². The van der Waals surface area contributed by atoms with Crippen LogP contribution in [-0.4, -0.2) is 37.9 Å². The van der Waals surface area contributed by atoms with Crippen molar-refractivity contribution in [1.82, 2.24) is 4.57 Å². The summed E-state index contributed by atoms with van der Waals surface area (Å²) in [7, 11) is 3.10. The SMILES string of the molecule is COCCC[NH+](Cc1ccccc1C(=O)OC)Cc1cccn1Cc1ccccc1F. The standard InChI is InChI=1S/C25H29FN2O3/c1-30-16-8-14-27(17-20-9-3-5-12-23(20)25(29)31-2)19-22-11-7-15-28(22)18-21-10-4-6-13-24(21)26/h3-7,9-13,15H,8,14,16-19H2,1-2H3/p+1. The lowest BCUT2D eigenvalue weighted by Crippen LogP contribution is -3.09. The van der Waals surface area contributed by atoms with Gasteiger partial charge in [-0.15, -0.1) is 0 Å². The Morgan fingerprint density at radius 3 is 2.45 bits per heavy atom. The fraction of sp³-hybridized carbons (Fsp3) is 0.320. The highest BCUT2D eigenvalue weighted by Gasteiger charge is 2.18. The van der Waals surface area contributed by atoms with E-state index in [-0.39, 0.29) is 11.8 Å². The molecule has 0 fully saturated rings. The molecule has 2 aromatic carbocycles. The van der Waals surface area contributed by atoms with Gasteiger partial charge in [0.2, 0.25) is 0 Å². The molecule has 3 aromatic rings. The number of carbonyl (C=O) groups excluding carboxylic acids is 1. The first-order valence-electron chi connectivity index (χ1n) is 10.5. The topological polar surface area (TPSA) is 44.9 Å². The first-order valence-corrected chi connectivity index (χ1v) is 10.5. The van der Waals surface area contributed by atoms with E-state index < -0.39 is 0 Å². The molecule has 0 radical (unpaired) electrons. The van der Waals surface area contributed by atoms with E-state index in [1.807, 2.05) is 42.6 Å². The Morgan fingerprint density at radius 1 is 0.968 bits per heavy atom. The smallest absolute Gasteiger partial charge is 0.338 e. The normalized spacial score (nSPS) is 12.0. The molecule has 0 amide bonds. The summed E-state index contributed by atoms with van der Waals surface area (Å²) >= 11 is 0. The van der Waals surface area contributed by atoms with Crippen LogP contribution in [0.4, 0.5) is 4.39 Å². The van der Waals surface area contributed by atoms with E-state index >= 15 is 0 Å². The zero-order valence-corrected chi connectivity index (χ0v) is 18.1. The molecule has 1 aromatic heterocycles. The summed E-state index contributed by atoms with van der Waals surface area (Å²) in [5.74, 6) is -0.520. The number of aromatic nitrogens is 1. The number of esters is 1. The summed E-state index contributed by atoms with van der Waals surface area (Å²) in [5, 5.41) is 0. The van der Waals surface area contributed by atoms with Crippen molar-refractivity contribution in [3.8, 4) is 0 Å². The molecule has 0 bridgehead atoms. The maximum Gasteiger partial charge on any atom is 0.338 e. The number of carbonyl (C=O) groups is 1. The Hall–Kier alpha value is -2.96. The van der Waals surface area contributed by atoms with Crippen LogP contribution in [0.1, 0.15) is 33.6 Å². The van der Waals surface area contributed by atoms with Gasteiger partial charge in [-0.05, 0) is 24.3 Å². The molecular formula is C25H30FN2O3+. The van der Waals surface area contributed by atoms with Gasteiger partial charge >= 0.3 is 5.97 Å². The minimum atomic E-state index is -0.324. The van der Waals surface area contributed by atoms with Crippen molar-refractivity contribution in [2.24, 2.45) is 0 Å². The Bertz CT molecular complexity index is 986. The Labute approximate surface area is 183 Å². The lowest BCUT2D eigenvalue weighted by Gasteiger charge is -2.22. The van der Waals surface area contributed by atoms with E-state index in [1.165, 1.54) is 18.1 Å². The molecule has 164 valence electrons. The number of nitrogens with one attached hydrogen (secondary N) is 1. The van der Waals surface area contributed by atoms with Crippen molar-refractivity contribution < 1.29 is 23.6 Å². The summed E-state index contributed by atoms with van der Waals surface area (Å²) in [4.78, 5) is 13.5. The Morgan fingerprint density at radius 2 is 1.71 bits per heavy atom. The maximum atomic E-state index is 14.1. The van der Waals surface area contributed by atoms with Crippen LogP contribution in [0.25, 0.3) is 0 Å². The van der Waals surface area contributed by atoms with Crippen LogP contribution in [0.5, 0.6) is 0 Å². The van der Waals surface area contributed by atoms with E-state index in [2.05, 4.69) is 10.6 Å². The molecule has 0 saturated heterocycles. The lowest BCUT2D eigenvalue weighted by atomic mass is 10.1. The Kier molecular flexibility index (Phi) is 8.38. The second kappa shape index (κ2) is 11.4. The number of rotatable bonds is 11. The number of halogens is 1. The highest BCUT2D eigenvalue weighted by atomic mass is 19.1. The molecule has 3 rings (SSSR count). The molecule has 0 aliphatic heterocycles. The first-order chi connectivity index (χ1) is 15.1. The maximum absolute atomic E-state index is 14.1. The molecule has 1 atom stereocenters. The molecule has 5 nitrogen and oxygen atoms in total. The molecule has 1 N–H and O–H groups in total. The first kappa shape index (κ1) is 22.7. The van der Waals surface area contributed by atoms with E-state index in [9.17, 15) is 9.18 Å². The molecule has 0 saturated carbocycles. The number of nitrogens with zero attached hydrogens (tertiary/aromatic N) is 1. The van der Waals surface area contributed by atoms with Gasteiger partial charge in [-0.3, -0.25) is 0 Å². The van der Waals surface area contributed by atoms with Gasteiger partial charge in [0, 0.05) is 30.9 Å². The number of benzene rings is 2. The van der Waals surface area contributed by atoms with E-state index in [1.54, 1.807) is 19.2 Å². The largest absolute Gasteiger partial charge is 0.465 e. The van der Waals surface area contributed by atoms with Crippen molar-refractivity contribution >= 4 is 5.97 Å². The van der Waals surface area contributed by atoms with Crippen molar-refractivity contribution in [2.75, 3.05) is 27.4 Å². The summed E-state index contributed by atoms with van der Waals surface area (Å²) in [6, 6.07) is 18.5. The molecule has 6 heteroatoms. The average Bonchev–Trinajstić information content (AvgIpc) is 3.21. The summed E-state index contributed by atoms with van der Waals surface area (Å²) in [5.41, 5.74) is 3.33. The molecule has 0 aliphatic carbocycles. The van der Waals surface area contributed by atoms with Gasteiger partial charge in [0.1, 0.15) is 18.9 Å². The molecule has 1 unspecified atom stereocenters. The van der Waals surface area contributed by atoms with Crippen LogP contribution in [0, 0.1) is 5.82 Å². The zero-order chi connectivity index (χ0) is 22.1. The van der Waals surface area contributed by atoms with E-state index in [0.717, 1.165) is 30.8 Å². The molecule has 31 heavy (non-hydrogen) atoms. The third-order valence-electron chi connectivity index (χ3n) is 5.40. The highest BCUT2D eigenvalue weighted by molar-refractivity contribution is 5.90. The van der Waals surface area contributed by atoms with Crippen molar-refractivity contribution in [1.29, 1.82) is 0 Å². The van der Waals surface area contributed by atoms with Crippen LogP contribution < -0.4 is 4.90 Å². The third kappa shape index (κ3) is 6.26. The second-order valence-corrected chi connectivity index (χ2v) is 7.57. The minimum absolute atomic E-state index is 0.196. The number of hydrogen-bond acceptors (Lipinski definition) is 3.